The van der Waals surface area contributed by atoms with E-state index < -0.39 is 0 Å². The van der Waals surface area contributed by atoms with E-state index in [0.717, 1.165) is 18.0 Å². The Balaban J connectivity index is 2.37. The summed E-state index contributed by atoms with van der Waals surface area (Å²) in [5.41, 5.74) is 0. The van der Waals surface area contributed by atoms with Gasteiger partial charge in [0.15, 0.2) is 0 Å². The first-order valence-electron chi connectivity index (χ1n) is 8.53. The molecule has 0 aromatic heterocycles. The second kappa shape index (κ2) is 8.97. The molecule has 1 rings (SSSR count). The molecule has 114 valence electrons. The maximum absolute atomic E-state index is 3.76. The van der Waals surface area contributed by atoms with Crippen LogP contribution in [0.3, 0.4) is 0 Å². The van der Waals surface area contributed by atoms with Crippen LogP contribution in [0.15, 0.2) is 0 Å². The average molecular weight is 268 g/mol. The minimum atomic E-state index is 0.676. The molecular weight excluding hydrogens is 232 g/mol. The van der Waals surface area contributed by atoms with E-state index in [0.29, 0.717) is 6.04 Å². The Kier molecular flexibility index (Phi) is 8.01. The number of nitrogens with one attached hydrogen (secondary N) is 1. The van der Waals surface area contributed by atoms with Crippen molar-refractivity contribution in [1.82, 2.24) is 10.2 Å². The molecule has 3 atom stereocenters. The van der Waals surface area contributed by atoms with Crippen molar-refractivity contribution in [2.75, 3.05) is 13.1 Å². The Labute approximate surface area is 121 Å². The highest BCUT2D eigenvalue weighted by Crippen LogP contribution is 2.16. The summed E-state index contributed by atoms with van der Waals surface area (Å²) in [4.78, 5) is 2.74. The monoisotopic (exact) mass is 268 g/mol. The van der Waals surface area contributed by atoms with Gasteiger partial charge in [-0.05, 0) is 58.5 Å². The summed E-state index contributed by atoms with van der Waals surface area (Å²) < 4.78 is 0. The third kappa shape index (κ3) is 6.76. The minimum Gasteiger partial charge on any atom is -0.311 e. The molecule has 1 fully saturated rings. The fraction of sp³-hybridized carbons (Fsp3) is 1.00. The molecule has 0 spiro atoms. The van der Waals surface area contributed by atoms with Gasteiger partial charge in [-0.1, -0.05) is 33.6 Å². The molecule has 1 heterocycles. The SMILES string of the molecule is CCC1CCN(C(C)CCCC(C)C)CCC(C)N1. The molecular formula is C17H36N2. The van der Waals surface area contributed by atoms with Crippen LogP contribution in [0.2, 0.25) is 0 Å². The molecule has 0 radical (unpaired) electrons. The highest BCUT2D eigenvalue weighted by molar-refractivity contribution is 4.79. The van der Waals surface area contributed by atoms with Crippen LogP contribution in [-0.2, 0) is 0 Å². The van der Waals surface area contributed by atoms with Gasteiger partial charge in [-0.25, -0.2) is 0 Å². The van der Waals surface area contributed by atoms with Gasteiger partial charge in [0.25, 0.3) is 0 Å². The van der Waals surface area contributed by atoms with Crippen molar-refractivity contribution in [1.29, 1.82) is 0 Å². The van der Waals surface area contributed by atoms with Crippen LogP contribution < -0.4 is 5.32 Å². The quantitative estimate of drug-likeness (QED) is 0.781. The lowest BCUT2D eigenvalue weighted by Gasteiger charge is -2.35. The Morgan fingerprint density at radius 1 is 1.11 bits per heavy atom. The Bertz CT molecular complexity index is 227. The van der Waals surface area contributed by atoms with Crippen LogP contribution in [-0.4, -0.2) is 36.1 Å². The molecule has 19 heavy (non-hydrogen) atoms. The van der Waals surface area contributed by atoms with E-state index in [-0.39, 0.29) is 0 Å². The van der Waals surface area contributed by atoms with E-state index in [2.05, 4.69) is 44.8 Å². The average Bonchev–Trinajstić information content (AvgIpc) is 2.33. The van der Waals surface area contributed by atoms with Gasteiger partial charge in [-0.15, -0.1) is 0 Å². The van der Waals surface area contributed by atoms with Gasteiger partial charge in [-0.3, -0.25) is 0 Å². The van der Waals surface area contributed by atoms with Crippen molar-refractivity contribution < 1.29 is 0 Å². The zero-order chi connectivity index (χ0) is 14.3. The number of rotatable bonds is 6. The first-order chi connectivity index (χ1) is 9.02. The summed E-state index contributed by atoms with van der Waals surface area (Å²) in [6.07, 6.45) is 8.02. The van der Waals surface area contributed by atoms with E-state index in [9.17, 15) is 0 Å². The fourth-order valence-corrected chi connectivity index (χ4v) is 3.13. The molecule has 1 aliphatic heterocycles. The topological polar surface area (TPSA) is 15.3 Å². The van der Waals surface area contributed by atoms with E-state index in [1.54, 1.807) is 0 Å². The smallest absolute Gasteiger partial charge is 0.00790 e. The van der Waals surface area contributed by atoms with Crippen LogP contribution >= 0.6 is 0 Å². The van der Waals surface area contributed by atoms with Gasteiger partial charge in [0.2, 0.25) is 0 Å². The third-order valence-electron chi connectivity index (χ3n) is 4.65. The van der Waals surface area contributed by atoms with E-state index in [1.165, 1.54) is 51.6 Å². The Hall–Kier alpha value is -0.0800. The first kappa shape index (κ1) is 17.0. The lowest BCUT2D eigenvalue weighted by atomic mass is 10.0. The van der Waals surface area contributed by atoms with E-state index >= 15 is 0 Å². The summed E-state index contributed by atoms with van der Waals surface area (Å²) in [7, 11) is 0. The van der Waals surface area contributed by atoms with Crippen molar-refractivity contribution in [3.05, 3.63) is 0 Å². The predicted octanol–water partition coefficient (Wildman–Crippen LogP) is 4.05. The molecule has 1 N–H and O–H groups in total. The van der Waals surface area contributed by atoms with E-state index in [4.69, 9.17) is 0 Å². The molecule has 2 nitrogen and oxygen atoms in total. The first-order valence-corrected chi connectivity index (χ1v) is 8.53. The van der Waals surface area contributed by atoms with Gasteiger partial charge < -0.3 is 10.2 Å². The number of hydrogen-bond acceptors (Lipinski definition) is 2. The Morgan fingerprint density at radius 3 is 2.42 bits per heavy atom. The highest BCUT2D eigenvalue weighted by Gasteiger charge is 2.20. The summed E-state index contributed by atoms with van der Waals surface area (Å²) >= 11 is 0. The van der Waals surface area contributed by atoms with Crippen molar-refractivity contribution in [3.63, 3.8) is 0 Å². The van der Waals surface area contributed by atoms with Crippen LogP contribution in [0.4, 0.5) is 0 Å². The van der Waals surface area contributed by atoms with Crippen molar-refractivity contribution in [3.8, 4) is 0 Å². The van der Waals surface area contributed by atoms with Crippen molar-refractivity contribution in [2.45, 2.75) is 91.3 Å². The van der Waals surface area contributed by atoms with Gasteiger partial charge in [0.05, 0.1) is 0 Å². The lowest BCUT2D eigenvalue weighted by Crippen LogP contribution is -2.46. The molecule has 1 aliphatic rings. The lowest BCUT2D eigenvalue weighted by molar-refractivity contribution is 0.158. The van der Waals surface area contributed by atoms with Crippen LogP contribution in [0.1, 0.15) is 73.1 Å². The Morgan fingerprint density at radius 2 is 1.79 bits per heavy atom. The van der Waals surface area contributed by atoms with Crippen molar-refractivity contribution >= 4 is 0 Å². The zero-order valence-electron chi connectivity index (χ0n) is 13.9. The maximum atomic E-state index is 3.76. The molecule has 0 amide bonds. The van der Waals surface area contributed by atoms with Crippen LogP contribution in [0.25, 0.3) is 0 Å². The molecule has 0 aromatic rings. The standard InChI is InChI=1S/C17H36N2/c1-6-17-11-13-19(12-10-15(4)18-17)16(5)9-7-8-14(2)3/h14-18H,6-13H2,1-5H3. The fourth-order valence-electron chi connectivity index (χ4n) is 3.13. The highest BCUT2D eigenvalue weighted by atomic mass is 15.2. The third-order valence-corrected chi connectivity index (χ3v) is 4.65. The van der Waals surface area contributed by atoms with Gasteiger partial charge >= 0.3 is 0 Å². The van der Waals surface area contributed by atoms with Crippen LogP contribution in [0, 0.1) is 5.92 Å². The maximum Gasteiger partial charge on any atom is 0.00790 e. The normalized spacial score (nSPS) is 28.1. The van der Waals surface area contributed by atoms with Gasteiger partial charge in [0.1, 0.15) is 0 Å². The largest absolute Gasteiger partial charge is 0.311 e. The predicted molar refractivity (Wildman–Crippen MR) is 85.6 cm³/mol. The number of nitrogens with zero attached hydrogens (tertiary/aromatic N) is 1. The van der Waals surface area contributed by atoms with E-state index in [1.807, 2.05) is 0 Å². The number of hydrogen-bond donors (Lipinski definition) is 1. The molecule has 2 heteroatoms. The zero-order valence-corrected chi connectivity index (χ0v) is 13.9. The minimum absolute atomic E-state index is 0.676. The summed E-state index contributed by atoms with van der Waals surface area (Å²) in [6, 6.07) is 2.16. The van der Waals surface area contributed by atoms with Crippen molar-refractivity contribution in [2.24, 2.45) is 5.92 Å². The molecule has 0 aromatic carbocycles. The molecule has 0 saturated carbocycles. The molecule has 3 unspecified atom stereocenters. The molecule has 0 bridgehead atoms. The summed E-state index contributed by atoms with van der Waals surface area (Å²) in [5.74, 6) is 0.855. The second-order valence-corrected chi connectivity index (χ2v) is 6.96. The van der Waals surface area contributed by atoms with Crippen LogP contribution in [0.5, 0.6) is 0 Å². The molecule has 0 aliphatic carbocycles. The molecule has 1 saturated heterocycles. The van der Waals surface area contributed by atoms with Gasteiger partial charge in [0, 0.05) is 18.1 Å². The second-order valence-electron chi connectivity index (χ2n) is 6.96. The van der Waals surface area contributed by atoms with Gasteiger partial charge in [-0.2, -0.15) is 0 Å². The summed E-state index contributed by atoms with van der Waals surface area (Å²) in [6.45, 7) is 14.3. The summed E-state index contributed by atoms with van der Waals surface area (Å²) in [5, 5.41) is 3.76.